The van der Waals surface area contributed by atoms with Crippen LogP contribution in [0.2, 0.25) is 0 Å². The van der Waals surface area contributed by atoms with E-state index in [9.17, 15) is 5.11 Å². The van der Waals surface area contributed by atoms with E-state index in [1.54, 1.807) is 0 Å². The Labute approximate surface area is 108 Å². The maximum absolute atomic E-state index is 9.99. The molecule has 0 saturated carbocycles. The van der Waals surface area contributed by atoms with E-state index in [0.29, 0.717) is 0 Å². The Morgan fingerprint density at radius 3 is 2.00 bits per heavy atom. The minimum Gasteiger partial charge on any atom is -0.396 e. The first-order chi connectivity index (χ1) is 8.72. The Balaban J connectivity index is 2.20. The van der Waals surface area contributed by atoms with Crippen molar-refractivity contribution in [2.24, 2.45) is 5.92 Å². The molecule has 2 heteroatoms. The van der Waals surface area contributed by atoms with E-state index in [-0.39, 0.29) is 12.5 Å². The highest BCUT2D eigenvalue weighted by atomic mass is 16.3. The van der Waals surface area contributed by atoms with E-state index in [1.807, 2.05) is 49.4 Å². The molecule has 0 aliphatic carbocycles. The Bertz CT molecular complexity index is 476. The Morgan fingerprint density at radius 1 is 0.889 bits per heavy atom. The molecule has 0 aliphatic rings. The summed E-state index contributed by atoms with van der Waals surface area (Å²) in [5.74, 6) is -0.146. The van der Waals surface area contributed by atoms with Gasteiger partial charge in [-0.2, -0.15) is 0 Å². The number of hydrogen-bond acceptors (Lipinski definition) is 2. The first kappa shape index (κ1) is 12.8. The summed E-state index contributed by atoms with van der Waals surface area (Å²) in [5.41, 5.74) is 3.13. The van der Waals surface area contributed by atoms with Crippen molar-refractivity contribution in [3.05, 3.63) is 60.2 Å². The Kier molecular flexibility index (Phi) is 4.13. The fraction of sp³-hybridized carbons (Fsp3) is 0.250. The van der Waals surface area contributed by atoms with Gasteiger partial charge in [-0.3, -0.25) is 0 Å². The van der Waals surface area contributed by atoms with Crippen LogP contribution in [0, 0.1) is 5.92 Å². The smallest absolute Gasteiger partial charge is 0.0837 e. The third kappa shape index (κ3) is 2.78. The summed E-state index contributed by atoms with van der Waals surface area (Å²) in [6.07, 6.45) is -0.611. The predicted octanol–water partition coefficient (Wildman–Crippen LogP) is 3.02. The molecule has 18 heavy (non-hydrogen) atoms. The molecule has 0 aliphatic heterocycles. The molecule has 0 bridgehead atoms. The van der Waals surface area contributed by atoms with Gasteiger partial charge in [0.15, 0.2) is 0 Å². The van der Waals surface area contributed by atoms with Gasteiger partial charge in [0.1, 0.15) is 0 Å². The zero-order valence-electron chi connectivity index (χ0n) is 10.5. The van der Waals surface area contributed by atoms with Gasteiger partial charge in [-0.25, -0.2) is 0 Å². The molecule has 0 fully saturated rings. The number of aliphatic hydroxyl groups is 2. The average Bonchev–Trinajstić information content (AvgIpc) is 2.47. The van der Waals surface area contributed by atoms with Crippen molar-refractivity contribution < 1.29 is 10.2 Å². The van der Waals surface area contributed by atoms with Crippen molar-refractivity contribution in [2.75, 3.05) is 6.61 Å². The van der Waals surface area contributed by atoms with Gasteiger partial charge < -0.3 is 10.2 Å². The van der Waals surface area contributed by atoms with E-state index in [4.69, 9.17) is 5.11 Å². The zero-order chi connectivity index (χ0) is 13.0. The lowest BCUT2D eigenvalue weighted by Gasteiger charge is -2.17. The summed E-state index contributed by atoms with van der Waals surface area (Å²) in [4.78, 5) is 0. The molecule has 0 unspecified atom stereocenters. The highest BCUT2D eigenvalue weighted by Gasteiger charge is 2.15. The molecule has 2 nitrogen and oxygen atoms in total. The van der Waals surface area contributed by atoms with Gasteiger partial charge in [-0.15, -0.1) is 0 Å². The molecule has 2 rings (SSSR count). The highest BCUT2D eigenvalue weighted by molar-refractivity contribution is 5.63. The minimum absolute atomic E-state index is 0.0123. The SMILES string of the molecule is C[C@@H](CO)[C@@H](O)c1ccc(-c2ccccc2)cc1. The molecule has 0 amide bonds. The first-order valence-corrected chi connectivity index (χ1v) is 6.16. The number of benzene rings is 2. The second-order valence-electron chi connectivity index (χ2n) is 4.59. The third-order valence-corrected chi connectivity index (χ3v) is 3.19. The van der Waals surface area contributed by atoms with Gasteiger partial charge in [0, 0.05) is 12.5 Å². The average molecular weight is 242 g/mol. The molecule has 2 aromatic carbocycles. The summed E-state index contributed by atoms with van der Waals surface area (Å²) in [6.45, 7) is 1.82. The standard InChI is InChI=1S/C16H18O2/c1-12(11-17)16(18)15-9-7-14(8-10-15)13-5-3-2-4-6-13/h2-10,12,16-18H,11H2,1H3/t12-,16+/m0/s1. The molecule has 0 spiro atoms. The Morgan fingerprint density at radius 2 is 1.44 bits per heavy atom. The fourth-order valence-corrected chi connectivity index (χ4v) is 1.93. The molecule has 2 N–H and O–H groups in total. The van der Waals surface area contributed by atoms with Crippen LogP contribution in [0.4, 0.5) is 0 Å². The van der Waals surface area contributed by atoms with Crippen molar-refractivity contribution in [2.45, 2.75) is 13.0 Å². The molecule has 2 aromatic rings. The lowest BCUT2D eigenvalue weighted by molar-refractivity contribution is 0.0770. The molecule has 2 atom stereocenters. The molecular formula is C16H18O2. The van der Waals surface area contributed by atoms with Crippen LogP contribution in [0.3, 0.4) is 0 Å². The topological polar surface area (TPSA) is 40.5 Å². The van der Waals surface area contributed by atoms with Gasteiger partial charge in [-0.1, -0.05) is 61.5 Å². The Hall–Kier alpha value is -1.64. The van der Waals surface area contributed by atoms with E-state index in [1.165, 1.54) is 0 Å². The number of rotatable bonds is 4. The van der Waals surface area contributed by atoms with Gasteiger partial charge in [-0.05, 0) is 16.7 Å². The van der Waals surface area contributed by atoms with E-state index >= 15 is 0 Å². The highest BCUT2D eigenvalue weighted by Crippen LogP contribution is 2.25. The third-order valence-electron chi connectivity index (χ3n) is 3.19. The van der Waals surface area contributed by atoms with Crippen LogP contribution < -0.4 is 0 Å². The maximum Gasteiger partial charge on any atom is 0.0837 e. The van der Waals surface area contributed by atoms with Crippen molar-refractivity contribution in [1.82, 2.24) is 0 Å². The van der Waals surface area contributed by atoms with Gasteiger partial charge >= 0.3 is 0 Å². The van der Waals surface area contributed by atoms with Crippen LogP contribution in [-0.2, 0) is 0 Å². The monoisotopic (exact) mass is 242 g/mol. The summed E-state index contributed by atoms with van der Waals surface area (Å²) < 4.78 is 0. The number of aliphatic hydroxyl groups excluding tert-OH is 2. The van der Waals surface area contributed by atoms with Crippen molar-refractivity contribution in [1.29, 1.82) is 0 Å². The summed E-state index contributed by atoms with van der Waals surface area (Å²) in [7, 11) is 0. The largest absolute Gasteiger partial charge is 0.396 e. The summed E-state index contributed by atoms with van der Waals surface area (Å²) in [6, 6.07) is 17.9. The summed E-state index contributed by atoms with van der Waals surface area (Å²) in [5, 5.41) is 19.0. The van der Waals surface area contributed by atoms with Crippen LogP contribution >= 0.6 is 0 Å². The van der Waals surface area contributed by atoms with Crippen molar-refractivity contribution in [3.8, 4) is 11.1 Å². The molecular weight excluding hydrogens is 224 g/mol. The first-order valence-electron chi connectivity index (χ1n) is 6.16. The van der Waals surface area contributed by atoms with Crippen LogP contribution in [-0.4, -0.2) is 16.8 Å². The lowest BCUT2D eigenvalue weighted by atomic mass is 9.96. The lowest BCUT2D eigenvalue weighted by Crippen LogP contribution is -2.12. The van der Waals surface area contributed by atoms with Gasteiger partial charge in [0.2, 0.25) is 0 Å². The normalized spacial score (nSPS) is 14.2. The van der Waals surface area contributed by atoms with Crippen molar-refractivity contribution >= 4 is 0 Å². The molecule has 0 heterocycles. The van der Waals surface area contributed by atoms with Crippen LogP contribution in [0.25, 0.3) is 11.1 Å². The number of hydrogen-bond donors (Lipinski definition) is 2. The maximum atomic E-state index is 9.99. The molecule has 0 aromatic heterocycles. The minimum atomic E-state index is -0.611. The fourth-order valence-electron chi connectivity index (χ4n) is 1.93. The molecule has 94 valence electrons. The van der Waals surface area contributed by atoms with E-state index in [2.05, 4.69) is 12.1 Å². The zero-order valence-corrected chi connectivity index (χ0v) is 10.5. The van der Waals surface area contributed by atoms with E-state index < -0.39 is 6.10 Å². The van der Waals surface area contributed by atoms with Crippen LogP contribution in [0.15, 0.2) is 54.6 Å². The van der Waals surface area contributed by atoms with Gasteiger partial charge in [0.25, 0.3) is 0 Å². The van der Waals surface area contributed by atoms with Crippen molar-refractivity contribution in [3.63, 3.8) is 0 Å². The van der Waals surface area contributed by atoms with Crippen LogP contribution in [0.1, 0.15) is 18.6 Å². The predicted molar refractivity (Wildman–Crippen MR) is 73.1 cm³/mol. The second kappa shape index (κ2) is 5.80. The van der Waals surface area contributed by atoms with Gasteiger partial charge in [0.05, 0.1) is 6.10 Å². The molecule has 0 radical (unpaired) electrons. The van der Waals surface area contributed by atoms with E-state index in [0.717, 1.165) is 16.7 Å². The molecule has 0 saturated heterocycles. The van der Waals surface area contributed by atoms with Crippen LogP contribution in [0.5, 0.6) is 0 Å². The quantitative estimate of drug-likeness (QED) is 0.865. The summed E-state index contributed by atoms with van der Waals surface area (Å²) >= 11 is 0. The second-order valence-corrected chi connectivity index (χ2v) is 4.59.